The Hall–Kier alpha value is -8.47. The summed E-state index contributed by atoms with van der Waals surface area (Å²) < 4.78 is 0. The summed E-state index contributed by atoms with van der Waals surface area (Å²) in [4.78, 5) is 104. The topological polar surface area (TPSA) is 722 Å². The van der Waals surface area contributed by atoms with E-state index in [4.69, 9.17) is 124 Å². The molecule has 0 radical (unpaired) electrons. The summed E-state index contributed by atoms with van der Waals surface area (Å²) >= 11 is 1.60. The van der Waals surface area contributed by atoms with Gasteiger partial charge >= 0.3 is 59.7 Å². The van der Waals surface area contributed by atoms with Crippen molar-refractivity contribution in [3.05, 3.63) is 102 Å². The number of rotatable bonds is 28. The summed E-state index contributed by atoms with van der Waals surface area (Å²) in [7, 11) is 0. The lowest BCUT2D eigenvalue weighted by Gasteiger charge is -2.07. The van der Waals surface area contributed by atoms with E-state index in [2.05, 4.69) is 10.3 Å². The molecule has 1 aromatic heterocycles. The lowest BCUT2D eigenvalue weighted by Crippen LogP contribution is -2.39. The van der Waals surface area contributed by atoms with Gasteiger partial charge in [0, 0.05) is 23.5 Å². The molecule has 1 aliphatic heterocycles. The Morgan fingerprint density at radius 1 is 0.515 bits per heavy atom. The Kier molecular flexibility index (Phi) is 58.6. The average molecular weight is 1430 g/mol. The molecule has 564 valence electrons. The van der Waals surface area contributed by atoms with Crippen molar-refractivity contribution in [3.8, 4) is 5.75 Å². The van der Waals surface area contributed by atoms with Gasteiger partial charge in [-0.1, -0.05) is 94.8 Å². The fraction of sp³-hybridized carbons (Fsp3) is 0.524. The van der Waals surface area contributed by atoms with E-state index in [0.717, 1.165) is 65.6 Å². The first-order chi connectivity index (χ1) is 46.0. The zero-order valence-electron chi connectivity index (χ0n) is 56.6. The number of aromatic nitrogens is 1. The van der Waals surface area contributed by atoms with E-state index >= 15 is 0 Å². The SMILES string of the molecule is CC(C)C[C@H](N)C(=O)O.CC(C)[C@H](N)C(=O)O.CSCC[C@H](N)C(=O)O.C[C@@H](O)[C@H](N)C(=O)O.NCCCC[C@H](N)C(=O)O.N[C@@H](CO)C(=O)O.N[C@@H](Cc1c[nH]c2ccccc12)C(=O)O.N[C@@H](Cc1ccc(O)cc1)C(=O)O.N[C@@H](Cc1ccccc1)C(=O)O.O=C(O)[C@@H]1CCCN1. The Balaban J connectivity index is -0.000000334. The minimum atomic E-state index is -1.18. The maximum atomic E-state index is 10.6. The number of thioether (sulfide) groups is 1. The number of nitrogens with two attached hydrogens (primary N) is 10. The number of phenols is 1. The summed E-state index contributed by atoms with van der Waals surface area (Å²) in [5, 5.41) is 113. The third-order valence-corrected chi connectivity index (χ3v) is 13.4. The van der Waals surface area contributed by atoms with Crippen LogP contribution < -0.4 is 62.7 Å². The van der Waals surface area contributed by atoms with Crippen molar-refractivity contribution in [2.75, 3.05) is 31.7 Å². The standard InChI is InChI=1S/C11H12N2O2.C9H11NO3.C9H11NO2.C6H14N2O2.C6H13NO2.C5H11NO2S.C5H9NO2.C5H11NO2.C4H9NO3.C3H7NO3/c12-9(11(14)15)5-7-6-13-10-4-2-1-3-8(7)10;10-8(9(12)13)5-6-1-3-7(11)4-2-6;10-8(9(11)12)6-7-4-2-1-3-5-7;7-4-2-1-3-5(8)6(9)10;1-4(2)3-5(7)6(8)9;1-9-3-2-4(6)5(7)8;7-5(8)4-2-1-3-6-4;1-3(2)4(6)5(7)8;1-2(6)3(5)4(7)8;4-2(1-5)3(6)7/h1-4,6,9,13H,5,12H2,(H,14,15);1-4,8,11H,5,10H2,(H,12,13);1-5,8H,6,10H2,(H,11,12);5H,1-4,7-8H2,(H,9,10);4-5H,3,7H2,1-2H3,(H,8,9);4H,2-3,6H2,1H3,(H,7,8);4,6H,1-3H2,(H,7,8);3-4H,6H2,1-2H3,(H,7,8);2-3,6H,5H2,1H3,(H,7,8);2,5H,1,4H2,(H,6,7)/t9-;2*8-;2*5-;3*4-;2-,3+;2-/m0000000010/s1. The van der Waals surface area contributed by atoms with Gasteiger partial charge in [-0.25, -0.2) is 0 Å². The first-order valence-corrected chi connectivity index (χ1v) is 32.0. The second kappa shape index (κ2) is 58.5. The first-order valence-electron chi connectivity index (χ1n) is 30.6. The molecule has 3 aromatic carbocycles. The molecule has 36 heteroatoms. The number of aromatic amines is 1. The van der Waals surface area contributed by atoms with Crippen LogP contribution in [0.2, 0.25) is 0 Å². The fourth-order valence-electron chi connectivity index (χ4n) is 6.63. The predicted molar refractivity (Wildman–Crippen MR) is 372 cm³/mol. The molecule has 1 saturated heterocycles. The molecule has 1 aliphatic rings. The zero-order valence-corrected chi connectivity index (χ0v) is 57.4. The summed E-state index contributed by atoms with van der Waals surface area (Å²) in [5.41, 5.74) is 55.5. The molecule has 0 amide bonds. The number of hydrogen-bond donors (Lipinski definition) is 25. The Morgan fingerprint density at radius 2 is 0.939 bits per heavy atom. The van der Waals surface area contributed by atoms with Crippen molar-refractivity contribution >= 4 is 82.4 Å². The number of carboxylic acids is 10. The highest BCUT2D eigenvalue weighted by Gasteiger charge is 2.21. The van der Waals surface area contributed by atoms with Crippen molar-refractivity contribution < 1.29 is 114 Å². The highest BCUT2D eigenvalue weighted by molar-refractivity contribution is 7.98. The number of phenolic OH excluding ortho intramolecular Hbond substituents is 1. The molecule has 99 heavy (non-hydrogen) atoms. The normalized spacial score (nSPS) is 14.6. The van der Waals surface area contributed by atoms with Crippen molar-refractivity contribution in [2.45, 2.75) is 165 Å². The third kappa shape index (κ3) is 55.1. The molecule has 1 fully saturated rings. The number of benzene rings is 3. The molecule has 35 nitrogen and oxygen atoms in total. The van der Waals surface area contributed by atoms with Gasteiger partial charge in [-0.15, -0.1) is 0 Å². The van der Waals surface area contributed by atoms with Gasteiger partial charge in [-0.05, 0) is 130 Å². The maximum Gasteiger partial charge on any atom is 0.323 e. The number of aliphatic hydroxyl groups is 2. The van der Waals surface area contributed by atoms with E-state index in [-0.39, 0.29) is 24.1 Å². The maximum absolute atomic E-state index is 10.6. The molecule has 0 saturated carbocycles. The van der Waals surface area contributed by atoms with Crippen LogP contribution in [-0.4, -0.2) is 229 Å². The van der Waals surface area contributed by atoms with Crippen molar-refractivity contribution in [3.63, 3.8) is 0 Å². The molecule has 11 atom stereocenters. The molecule has 0 spiro atoms. The van der Waals surface area contributed by atoms with Crippen molar-refractivity contribution in [2.24, 2.45) is 69.2 Å². The van der Waals surface area contributed by atoms with Crippen LogP contribution in [0.15, 0.2) is 85.1 Å². The van der Waals surface area contributed by atoms with Crippen LogP contribution >= 0.6 is 11.8 Å². The second-order valence-corrected chi connectivity index (χ2v) is 23.3. The van der Waals surface area contributed by atoms with E-state index in [1.54, 1.807) is 37.7 Å². The van der Waals surface area contributed by atoms with Crippen LogP contribution in [0.3, 0.4) is 0 Å². The monoisotopic (exact) mass is 1430 g/mol. The smallest absolute Gasteiger partial charge is 0.323 e. The van der Waals surface area contributed by atoms with Crippen LogP contribution in [-0.2, 0) is 67.2 Å². The predicted octanol–water partition coefficient (Wildman–Crippen LogP) is -0.720. The number of hydrogen-bond acceptors (Lipinski definition) is 25. The Labute approximate surface area is 578 Å². The number of aliphatic hydroxyl groups excluding tert-OH is 2. The van der Waals surface area contributed by atoms with Crippen LogP contribution in [0.5, 0.6) is 5.75 Å². The van der Waals surface area contributed by atoms with Gasteiger partial charge in [0.25, 0.3) is 0 Å². The van der Waals surface area contributed by atoms with Gasteiger partial charge in [0.2, 0.25) is 0 Å². The zero-order chi connectivity index (χ0) is 77.7. The number of fused-ring (bicyclic) bond motifs is 1. The average Bonchev–Trinajstić information content (AvgIpc) is 1.70. The quantitative estimate of drug-likeness (QED) is 0.0312. The number of H-pyrrole nitrogens is 1. The number of para-hydroxylation sites is 1. The molecule has 5 rings (SSSR count). The number of nitrogens with one attached hydrogen (secondary N) is 2. The molecule has 4 aromatic rings. The van der Waals surface area contributed by atoms with Crippen molar-refractivity contribution in [1.29, 1.82) is 0 Å². The highest BCUT2D eigenvalue weighted by Crippen LogP contribution is 2.19. The fourth-order valence-corrected chi connectivity index (χ4v) is 7.12. The van der Waals surface area contributed by atoms with E-state index in [1.807, 2.05) is 80.9 Å². The van der Waals surface area contributed by atoms with Crippen LogP contribution in [0.25, 0.3) is 10.9 Å². The van der Waals surface area contributed by atoms with E-state index < -0.39 is 127 Å². The lowest BCUT2D eigenvalue weighted by molar-refractivity contribution is -0.141. The Bertz CT molecular complexity index is 2850. The number of carbonyl (C=O) groups is 10. The van der Waals surface area contributed by atoms with E-state index in [9.17, 15) is 47.9 Å². The van der Waals surface area contributed by atoms with E-state index in [0.29, 0.717) is 44.6 Å². The molecular formula is C63H108N12O23S. The minimum Gasteiger partial charge on any atom is -0.508 e. The summed E-state index contributed by atoms with van der Waals surface area (Å²) in [5.74, 6) is -8.37. The molecule has 35 N–H and O–H groups in total. The molecule has 2 heterocycles. The molecule has 0 bridgehead atoms. The van der Waals surface area contributed by atoms with Gasteiger partial charge in [0.05, 0.1) is 12.7 Å². The van der Waals surface area contributed by atoms with Crippen LogP contribution in [0, 0.1) is 11.8 Å². The lowest BCUT2D eigenvalue weighted by atomic mass is 10.1. The summed E-state index contributed by atoms with van der Waals surface area (Å²) in [6.45, 7) is 9.74. The number of carboxylic acid groups (broad SMARTS) is 10. The number of aromatic hydroxyl groups is 1. The molecular weight excluding hydrogens is 1320 g/mol. The van der Waals surface area contributed by atoms with Gasteiger partial charge < -0.3 is 134 Å². The van der Waals surface area contributed by atoms with Crippen LogP contribution in [0.4, 0.5) is 0 Å². The molecule has 0 aliphatic carbocycles. The number of aliphatic carboxylic acids is 10. The largest absolute Gasteiger partial charge is 0.508 e. The first kappa shape index (κ1) is 99.2. The summed E-state index contributed by atoms with van der Waals surface area (Å²) in [6, 6.07) is 15.5. The van der Waals surface area contributed by atoms with Crippen LogP contribution in [0.1, 0.15) is 96.3 Å². The van der Waals surface area contributed by atoms with Gasteiger partial charge in [0.15, 0.2) is 0 Å². The van der Waals surface area contributed by atoms with Gasteiger partial charge in [-0.2, -0.15) is 11.8 Å². The highest BCUT2D eigenvalue weighted by atomic mass is 32.2. The summed E-state index contributed by atoms with van der Waals surface area (Å²) in [6.07, 6.45) is 8.82. The second-order valence-electron chi connectivity index (χ2n) is 22.3. The van der Waals surface area contributed by atoms with Crippen molar-refractivity contribution in [1.82, 2.24) is 10.3 Å². The Morgan fingerprint density at radius 3 is 1.25 bits per heavy atom. The van der Waals surface area contributed by atoms with Gasteiger partial charge in [-0.3, -0.25) is 47.9 Å². The minimum absolute atomic E-state index is 0.0208. The molecule has 0 unspecified atom stereocenters. The third-order valence-electron chi connectivity index (χ3n) is 12.7. The number of unbranched alkanes of at least 4 members (excludes halogenated alkanes) is 1. The van der Waals surface area contributed by atoms with E-state index in [1.165, 1.54) is 19.1 Å². The van der Waals surface area contributed by atoms with Gasteiger partial charge in [0.1, 0.15) is 66.2 Å².